The molecule has 0 fully saturated rings. The Kier molecular flexibility index (Phi) is 3.46. The molecular formula is C12H17BrO2. The quantitative estimate of drug-likeness (QED) is 0.895. The third kappa shape index (κ3) is 2.34. The van der Waals surface area contributed by atoms with Gasteiger partial charge in [0, 0.05) is 10.0 Å². The Morgan fingerprint density at radius 1 is 1.33 bits per heavy atom. The second kappa shape index (κ2) is 4.14. The van der Waals surface area contributed by atoms with Crippen molar-refractivity contribution in [2.45, 2.75) is 33.3 Å². The average Bonchev–Trinajstić information content (AvgIpc) is 2.08. The lowest BCUT2D eigenvalue weighted by molar-refractivity contribution is 0.0747. The van der Waals surface area contributed by atoms with Gasteiger partial charge in [0.15, 0.2) is 0 Å². The van der Waals surface area contributed by atoms with Crippen LogP contribution in [0, 0.1) is 13.8 Å². The molecule has 0 aliphatic heterocycles. The van der Waals surface area contributed by atoms with Crippen LogP contribution >= 0.6 is 15.9 Å². The Morgan fingerprint density at radius 2 is 1.87 bits per heavy atom. The first kappa shape index (κ1) is 12.5. The fraction of sp³-hybridized carbons (Fsp3) is 0.500. The van der Waals surface area contributed by atoms with Crippen molar-refractivity contribution < 1.29 is 9.84 Å². The summed E-state index contributed by atoms with van der Waals surface area (Å²) in [6.45, 7) is 7.48. The highest BCUT2D eigenvalue weighted by atomic mass is 79.9. The first-order valence-electron chi connectivity index (χ1n) is 4.85. The van der Waals surface area contributed by atoms with Crippen LogP contribution in [-0.2, 0) is 5.60 Å². The van der Waals surface area contributed by atoms with E-state index in [0.29, 0.717) is 0 Å². The van der Waals surface area contributed by atoms with Crippen molar-refractivity contribution in [2.24, 2.45) is 0 Å². The van der Waals surface area contributed by atoms with E-state index >= 15 is 0 Å². The fourth-order valence-electron chi connectivity index (χ4n) is 1.85. The Morgan fingerprint density at radius 3 is 2.27 bits per heavy atom. The summed E-state index contributed by atoms with van der Waals surface area (Å²) in [5.41, 5.74) is 1.98. The van der Waals surface area contributed by atoms with E-state index in [1.165, 1.54) is 0 Å². The van der Waals surface area contributed by atoms with Crippen LogP contribution in [0.25, 0.3) is 0 Å². The number of methoxy groups -OCH3 is 1. The van der Waals surface area contributed by atoms with E-state index in [-0.39, 0.29) is 0 Å². The number of aliphatic hydroxyl groups is 1. The minimum Gasteiger partial charge on any atom is -0.496 e. The highest BCUT2D eigenvalue weighted by Gasteiger charge is 2.25. The van der Waals surface area contributed by atoms with Gasteiger partial charge in [0.1, 0.15) is 5.75 Å². The van der Waals surface area contributed by atoms with Gasteiger partial charge in [-0.1, -0.05) is 15.9 Å². The standard InChI is InChI=1S/C12H17BrO2/c1-7-6-9(13)8(2)10(11(7)15-5)12(3,4)14/h6,14H,1-5H3. The summed E-state index contributed by atoms with van der Waals surface area (Å²) in [6, 6.07) is 2.00. The predicted molar refractivity (Wildman–Crippen MR) is 65.4 cm³/mol. The van der Waals surface area contributed by atoms with Gasteiger partial charge in [-0.2, -0.15) is 0 Å². The molecule has 1 N–H and O–H groups in total. The summed E-state index contributed by atoms with van der Waals surface area (Å²) in [6.07, 6.45) is 0. The van der Waals surface area contributed by atoms with Gasteiger partial charge in [0.2, 0.25) is 0 Å². The number of aryl methyl sites for hydroxylation is 1. The molecule has 0 aromatic heterocycles. The minimum absolute atomic E-state index is 0.767. The fourth-order valence-corrected chi connectivity index (χ4v) is 2.39. The van der Waals surface area contributed by atoms with Crippen LogP contribution in [0.4, 0.5) is 0 Å². The van der Waals surface area contributed by atoms with E-state index in [4.69, 9.17) is 4.74 Å². The molecular weight excluding hydrogens is 256 g/mol. The first-order valence-corrected chi connectivity index (χ1v) is 5.65. The maximum atomic E-state index is 10.1. The molecule has 0 bridgehead atoms. The third-order valence-electron chi connectivity index (χ3n) is 2.48. The molecule has 1 rings (SSSR count). The van der Waals surface area contributed by atoms with Crippen molar-refractivity contribution in [3.63, 3.8) is 0 Å². The molecule has 0 aliphatic rings. The van der Waals surface area contributed by atoms with E-state index in [2.05, 4.69) is 15.9 Å². The zero-order valence-electron chi connectivity index (χ0n) is 9.81. The highest BCUT2D eigenvalue weighted by Crippen LogP contribution is 2.38. The van der Waals surface area contributed by atoms with Crippen LogP contribution in [0.1, 0.15) is 30.5 Å². The molecule has 0 spiro atoms. The van der Waals surface area contributed by atoms with Crippen LogP contribution in [0.15, 0.2) is 10.5 Å². The molecule has 0 aliphatic carbocycles. The third-order valence-corrected chi connectivity index (χ3v) is 3.30. The minimum atomic E-state index is -0.899. The van der Waals surface area contributed by atoms with Crippen molar-refractivity contribution in [1.82, 2.24) is 0 Å². The molecule has 0 heterocycles. The topological polar surface area (TPSA) is 29.5 Å². The first-order chi connectivity index (χ1) is 6.79. The summed E-state index contributed by atoms with van der Waals surface area (Å²) in [7, 11) is 1.63. The summed E-state index contributed by atoms with van der Waals surface area (Å²) >= 11 is 3.49. The smallest absolute Gasteiger partial charge is 0.128 e. The monoisotopic (exact) mass is 272 g/mol. The molecule has 0 saturated carbocycles. The molecule has 1 aromatic rings. The van der Waals surface area contributed by atoms with Crippen LogP contribution in [0.3, 0.4) is 0 Å². The van der Waals surface area contributed by atoms with Gasteiger partial charge in [-0.3, -0.25) is 0 Å². The Labute approximate surface area is 99.4 Å². The number of benzene rings is 1. The van der Waals surface area contributed by atoms with Crippen molar-refractivity contribution in [2.75, 3.05) is 7.11 Å². The molecule has 84 valence electrons. The maximum absolute atomic E-state index is 10.1. The van der Waals surface area contributed by atoms with Crippen molar-refractivity contribution in [3.8, 4) is 5.75 Å². The average molecular weight is 273 g/mol. The van der Waals surface area contributed by atoms with E-state index < -0.39 is 5.60 Å². The largest absolute Gasteiger partial charge is 0.496 e. The van der Waals surface area contributed by atoms with Gasteiger partial charge in [-0.25, -0.2) is 0 Å². The van der Waals surface area contributed by atoms with E-state index in [0.717, 1.165) is 26.9 Å². The van der Waals surface area contributed by atoms with E-state index in [9.17, 15) is 5.11 Å². The molecule has 0 saturated heterocycles. The van der Waals surface area contributed by atoms with Crippen LogP contribution in [-0.4, -0.2) is 12.2 Å². The van der Waals surface area contributed by atoms with Crippen molar-refractivity contribution in [1.29, 1.82) is 0 Å². The maximum Gasteiger partial charge on any atom is 0.128 e. The van der Waals surface area contributed by atoms with Gasteiger partial charge in [-0.05, 0) is 44.9 Å². The SMILES string of the molecule is COc1c(C)cc(Br)c(C)c1C(C)(C)O. The second-order valence-electron chi connectivity index (χ2n) is 4.27. The predicted octanol–water partition coefficient (Wildman–Crippen LogP) is 3.30. The van der Waals surface area contributed by atoms with Gasteiger partial charge >= 0.3 is 0 Å². The number of halogens is 1. The van der Waals surface area contributed by atoms with Crippen LogP contribution in [0.2, 0.25) is 0 Å². The molecule has 15 heavy (non-hydrogen) atoms. The molecule has 0 atom stereocenters. The second-order valence-corrected chi connectivity index (χ2v) is 5.12. The summed E-state index contributed by atoms with van der Waals surface area (Å²) in [4.78, 5) is 0. The molecule has 0 radical (unpaired) electrons. The van der Waals surface area contributed by atoms with Gasteiger partial charge in [0.05, 0.1) is 12.7 Å². The lowest BCUT2D eigenvalue weighted by Crippen LogP contribution is -2.19. The molecule has 1 aromatic carbocycles. The van der Waals surface area contributed by atoms with Gasteiger partial charge in [0.25, 0.3) is 0 Å². The summed E-state index contributed by atoms with van der Waals surface area (Å²) in [5, 5.41) is 10.1. The molecule has 0 unspecified atom stereocenters. The van der Waals surface area contributed by atoms with Crippen LogP contribution in [0.5, 0.6) is 5.75 Å². The van der Waals surface area contributed by atoms with Crippen LogP contribution < -0.4 is 4.74 Å². The Hall–Kier alpha value is -0.540. The van der Waals surface area contributed by atoms with E-state index in [1.807, 2.05) is 19.9 Å². The molecule has 3 heteroatoms. The Bertz CT molecular complexity index is 378. The van der Waals surface area contributed by atoms with Gasteiger partial charge < -0.3 is 9.84 Å². The lowest BCUT2D eigenvalue weighted by Gasteiger charge is -2.25. The summed E-state index contributed by atoms with van der Waals surface area (Å²) in [5.74, 6) is 0.767. The highest BCUT2D eigenvalue weighted by molar-refractivity contribution is 9.10. The zero-order valence-corrected chi connectivity index (χ0v) is 11.4. The normalized spacial score (nSPS) is 11.7. The Balaban J connectivity index is 3.59. The summed E-state index contributed by atoms with van der Waals surface area (Å²) < 4.78 is 6.36. The number of rotatable bonds is 2. The lowest BCUT2D eigenvalue weighted by atomic mass is 9.91. The van der Waals surface area contributed by atoms with E-state index in [1.54, 1.807) is 21.0 Å². The number of ether oxygens (including phenoxy) is 1. The zero-order chi connectivity index (χ0) is 11.8. The number of hydrogen-bond donors (Lipinski definition) is 1. The molecule has 2 nitrogen and oxygen atoms in total. The molecule has 0 amide bonds. The van der Waals surface area contributed by atoms with Crippen molar-refractivity contribution >= 4 is 15.9 Å². The number of hydrogen-bond acceptors (Lipinski definition) is 2. The van der Waals surface area contributed by atoms with Gasteiger partial charge in [-0.15, -0.1) is 0 Å². The van der Waals surface area contributed by atoms with Crippen molar-refractivity contribution in [3.05, 3.63) is 27.2 Å².